The third-order valence-corrected chi connectivity index (χ3v) is 3.75. The lowest BCUT2D eigenvalue weighted by Crippen LogP contribution is -2.48. The zero-order valence-corrected chi connectivity index (χ0v) is 12.1. The summed E-state index contributed by atoms with van der Waals surface area (Å²) in [4.78, 5) is 18.6. The molecule has 1 aromatic carbocycles. The Labute approximate surface area is 129 Å². The molecule has 2 aromatic rings. The van der Waals surface area contributed by atoms with Gasteiger partial charge in [-0.2, -0.15) is 5.26 Å². The van der Waals surface area contributed by atoms with Crippen molar-refractivity contribution in [3.63, 3.8) is 0 Å². The highest BCUT2D eigenvalue weighted by molar-refractivity contribution is 5.99. The van der Waals surface area contributed by atoms with Gasteiger partial charge >= 0.3 is 0 Å². The number of nitriles is 1. The van der Waals surface area contributed by atoms with Gasteiger partial charge in [-0.15, -0.1) is 0 Å². The van der Waals surface area contributed by atoms with Gasteiger partial charge in [-0.3, -0.25) is 4.79 Å². The first kappa shape index (κ1) is 14.1. The van der Waals surface area contributed by atoms with Gasteiger partial charge in [-0.05, 0) is 37.1 Å². The van der Waals surface area contributed by atoms with Crippen LogP contribution in [-0.2, 0) is 4.79 Å². The topological polar surface area (TPSA) is 69.0 Å². The molecule has 1 unspecified atom stereocenters. The highest BCUT2D eigenvalue weighted by atomic mass is 16.2. The van der Waals surface area contributed by atoms with Crippen LogP contribution in [0.3, 0.4) is 0 Å². The molecule has 1 saturated heterocycles. The number of para-hydroxylation sites is 1. The Morgan fingerprint density at radius 2 is 2.05 bits per heavy atom. The van der Waals surface area contributed by atoms with E-state index in [0.29, 0.717) is 17.9 Å². The molecular weight excluding hydrogens is 276 g/mol. The fraction of sp³-hybridized carbons (Fsp3) is 0.235. The molecule has 1 fully saturated rings. The normalized spacial score (nSPS) is 17.9. The van der Waals surface area contributed by atoms with Crippen molar-refractivity contribution in [1.29, 1.82) is 5.26 Å². The van der Waals surface area contributed by atoms with Crippen LogP contribution in [0.4, 0.5) is 11.5 Å². The summed E-state index contributed by atoms with van der Waals surface area (Å²) in [5.74, 6) is 0.491. The van der Waals surface area contributed by atoms with Crippen molar-refractivity contribution < 1.29 is 4.79 Å². The quantitative estimate of drug-likeness (QED) is 0.944. The van der Waals surface area contributed by atoms with Crippen molar-refractivity contribution >= 4 is 17.4 Å². The number of carbonyl (C=O) groups is 1. The van der Waals surface area contributed by atoms with Gasteiger partial charge in [0.25, 0.3) is 0 Å². The number of piperidine rings is 1. The zero-order chi connectivity index (χ0) is 15.4. The first-order valence-electron chi connectivity index (χ1n) is 7.27. The van der Waals surface area contributed by atoms with Crippen LogP contribution in [0.15, 0.2) is 48.7 Å². The minimum absolute atomic E-state index is 0.0204. The summed E-state index contributed by atoms with van der Waals surface area (Å²) in [5.41, 5.74) is 1.35. The van der Waals surface area contributed by atoms with Crippen molar-refractivity contribution in [1.82, 2.24) is 4.98 Å². The van der Waals surface area contributed by atoms with Crippen molar-refractivity contribution in [2.45, 2.75) is 18.9 Å². The van der Waals surface area contributed by atoms with Gasteiger partial charge in [-0.25, -0.2) is 4.98 Å². The number of carbonyl (C=O) groups excluding carboxylic acids is 1. The van der Waals surface area contributed by atoms with Gasteiger partial charge in [0, 0.05) is 18.4 Å². The molecule has 2 heterocycles. The lowest BCUT2D eigenvalue weighted by Gasteiger charge is -2.33. The van der Waals surface area contributed by atoms with Crippen LogP contribution >= 0.6 is 0 Å². The molecule has 1 aliphatic rings. The third-order valence-electron chi connectivity index (χ3n) is 3.75. The molecule has 1 amide bonds. The van der Waals surface area contributed by atoms with E-state index in [4.69, 9.17) is 5.26 Å². The summed E-state index contributed by atoms with van der Waals surface area (Å²) in [7, 11) is 0. The molecule has 3 rings (SSSR count). The lowest BCUT2D eigenvalue weighted by molar-refractivity contribution is -0.120. The van der Waals surface area contributed by atoms with Gasteiger partial charge in [0.1, 0.15) is 17.9 Å². The first-order valence-corrected chi connectivity index (χ1v) is 7.27. The van der Waals surface area contributed by atoms with Crippen molar-refractivity contribution in [2.75, 3.05) is 16.8 Å². The maximum atomic E-state index is 12.7. The molecule has 1 aliphatic heterocycles. The molecule has 22 heavy (non-hydrogen) atoms. The number of rotatable bonds is 3. The minimum Gasteiger partial charge on any atom is -0.357 e. The average Bonchev–Trinajstić information content (AvgIpc) is 2.58. The maximum absolute atomic E-state index is 12.7. The Hall–Kier alpha value is -2.87. The van der Waals surface area contributed by atoms with E-state index in [9.17, 15) is 4.79 Å². The van der Waals surface area contributed by atoms with E-state index in [-0.39, 0.29) is 11.9 Å². The third kappa shape index (κ3) is 2.77. The summed E-state index contributed by atoms with van der Waals surface area (Å²) in [5, 5.41) is 12.2. The molecule has 1 N–H and O–H groups in total. The molecular formula is C17H16N4O. The number of nitrogens with one attached hydrogen (secondary N) is 1. The Morgan fingerprint density at radius 3 is 2.82 bits per heavy atom. The number of aromatic nitrogens is 1. The van der Waals surface area contributed by atoms with Gasteiger partial charge in [-0.1, -0.05) is 18.2 Å². The van der Waals surface area contributed by atoms with Crippen molar-refractivity contribution in [3.8, 4) is 6.07 Å². The molecule has 0 aliphatic carbocycles. The summed E-state index contributed by atoms with van der Waals surface area (Å²) in [6.45, 7) is 0.717. The fourth-order valence-corrected chi connectivity index (χ4v) is 2.65. The molecule has 0 radical (unpaired) electrons. The molecule has 0 bridgehead atoms. The van der Waals surface area contributed by atoms with Crippen LogP contribution in [-0.4, -0.2) is 23.5 Å². The number of benzene rings is 1. The first-order chi connectivity index (χ1) is 10.8. The fourth-order valence-electron chi connectivity index (χ4n) is 2.65. The molecule has 5 nitrogen and oxygen atoms in total. The van der Waals surface area contributed by atoms with Gasteiger partial charge < -0.3 is 10.2 Å². The highest BCUT2D eigenvalue weighted by Crippen LogP contribution is 2.23. The van der Waals surface area contributed by atoms with E-state index >= 15 is 0 Å². The van der Waals surface area contributed by atoms with E-state index in [1.54, 1.807) is 23.2 Å². The van der Waals surface area contributed by atoms with Crippen LogP contribution in [0.25, 0.3) is 0 Å². The Morgan fingerprint density at radius 1 is 1.23 bits per heavy atom. The number of hydrogen-bond donors (Lipinski definition) is 1. The SMILES string of the molecule is N#Cc1cccnc1NC1CCCN(c2ccccc2)C1=O. The number of amides is 1. The zero-order valence-electron chi connectivity index (χ0n) is 12.1. The van der Waals surface area contributed by atoms with E-state index in [1.165, 1.54) is 0 Å². The summed E-state index contributed by atoms with van der Waals surface area (Å²) >= 11 is 0. The Kier molecular flexibility index (Phi) is 4.01. The van der Waals surface area contributed by atoms with E-state index < -0.39 is 0 Å². The van der Waals surface area contributed by atoms with Gasteiger partial charge in [0.2, 0.25) is 5.91 Å². The second-order valence-electron chi connectivity index (χ2n) is 5.18. The molecule has 110 valence electrons. The van der Waals surface area contributed by atoms with Gasteiger partial charge in [0.15, 0.2) is 0 Å². The highest BCUT2D eigenvalue weighted by Gasteiger charge is 2.30. The standard InChI is InChI=1S/C17H16N4O/c18-12-13-6-4-10-19-16(13)20-15-9-5-11-21(17(15)22)14-7-2-1-3-8-14/h1-4,6-8,10,15H,5,9,11H2,(H,19,20). The van der Waals surface area contributed by atoms with Crippen molar-refractivity contribution in [2.24, 2.45) is 0 Å². The maximum Gasteiger partial charge on any atom is 0.249 e. The number of hydrogen-bond acceptors (Lipinski definition) is 4. The second kappa shape index (κ2) is 6.27. The monoisotopic (exact) mass is 292 g/mol. The van der Waals surface area contributed by atoms with Crippen LogP contribution in [0.2, 0.25) is 0 Å². The summed E-state index contributed by atoms with van der Waals surface area (Å²) in [6.07, 6.45) is 3.27. The minimum atomic E-state index is -0.351. The Bertz CT molecular complexity index is 708. The van der Waals surface area contributed by atoms with E-state index in [1.807, 2.05) is 30.3 Å². The lowest BCUT2D eigenvalue weighted by atomic mass is 10.0. The smallest absolute Gasteiger partial charge is 0.249 e. The Balaban J connectivity index is 1.80. The van der Waals surface area contributed by atoms with Gasteiger partial charge in [0.05, 0.1) is 5.56 Å². The average molecular weight is 292 g/mol. The molecule has 1 atom stereocenters. The predicted molar refractivity (Wildman–Crippen MR) is 84.4 cm³/mol. The second-order valence-corrected chi connectivity index (χ2v) is 5.18. The van der Waals surface area contributed by atoms with Crippen LogP contribution in [0.1, 0.15) is 18.4 Å². The molecule has 5 heteroatoms. The summed E-state index contributed by atoms with van der Waals surface area (Å²) in [6, 6.07) is 14.8. The van der Waals surface area contributed by atoms with Crippen molar-refractivity contribution in [3.05, 3.63) is 54.2 Å². The molecule has 0 saturated carbocycles. The number of anilines is 2. The predicted octanol–water partition coefficient (Wildman–Crippen LogP) is 2.56. The summed E-state index contributed by atoms with van der Waals surface area (Å²) < 4.78 is 0. The van der Waals surface area contributed by atoms with E-state index in [0.717, 1.165) is 18.5 Å². The van der Waals surface area contributed by atoms with Crippen LogP contribution < -0.4 is 10.2 Å². The molecule has 0 spiro atoms. The van der Waals surface area contributed by atoms with E-state index in [2.05, 4.69) is 16.4 Å². The van der Waals surface area contributed by atoms with Crippen LogP contribution in [0, 0.1) is 11.3 Å². The number of pyridine rings is 1. The number of nitrogens with zero attached hydrogens (tertiary/aromatic N) is 3. The molecule has 1 aromatic heterocycles. The largest absolute Gasteiger partial charge is 0.357 e. The van der Waals surface area contributed by atoms with Crippen LogP contribution in [0.5, 0.6) is 0 Å².